The molecule has 154 valence electrons. The van der Waals surface area contributed by atoms with Crippen LogP contribution in [0.25, 0.3) is 5.65 Å². The molecule has 7 heteroatoms. The van der Waals surface area contributed by atoms with Crippen molar-refractivity contribution in [3.8, 4) is 5.75 Å². The number of ether oxygens (including phenoxy) is 1. The predicted octanol–water partition coefficient (Wildman–Crippen LogP) is 3.78. The molecule has 3 rings (SSSR count). The van der Waals surface area contributed by atoms with E-state index in [-0.39, 0.29) is 11.7 Å². The number of aromatic nitrogens is 3. The first-order valence-corrected chi connectivity index (χ1v) is 9.76. The number of hydrogen-bond donors (Lipinski definition) is 0. The Balaban J connectivity index is 1.72. The highest BCUT2D eigenvalue weighted by molar-refractivity contribution is 5.76. The number of amides is 1. The molecule has 1 aromatic carbocycles. The molecule has 0 aliphatic carbocycles. The lowest BCUT2D eigenvalue weighted by Gasteiger charge is -2.22. The van der Waals surface area contributed by atoms with Crippen molar-refractivity contribution < 1.29 is 13.9 Å². The maximum Gasteiger partial charge on any atom is 0.223 e. The lowest BCUT2D eigenvalue weighted by molar-refractivity contribution is -0.131. The van der Waals surface area contributed by atoms with Crippen molar-refractivity contribution in [1.82, 2.24) is 19.5 Å². The van der Waals surface area contributed by atoms with Gasteiger partial charge in [-0.15, -0.1) is 0 Å². The number of halogens is 1. The third-order valence-electron chi connectivity index (χ3n) is 5.20. The van der Waals surface area contributed by atoms with Crippen molar-refractivity contribution in [3.63, 3.8) is 0 Å². The van der Waals surface area contributed by atoms with E-state index < -0.39 is 5.82 Å². The number of nitrogens with zero attached hydrogens (tertiary/aromatic N) is 4. The predicted molar refractivity (Wildman–Crippen MR) is 110 cm³/mol. The van der Waals surface area contributed by atoms with Crippen LogP contribution in [-0.4, -0.2) is 39.1 Å². The van der Waals surface area contributed by atoms with E-state index in [0.29, 0.717) is 25.9 Å². The Morgan fingerprint density at radius 2 is 2.00 bits per heavy atom. The van der Waals surface area contributed by atoms with Gasteiger partial charge in [0, 0.05) is 37.0 Å². The summed E-state index contributed by atoms with van der Waals surface area (Å²) in [6, 6.07) is 6.73. The molecule has 0 radical (unpaired) electrons. The van der Waals surface area contributed by atoms with Gasteiger partial charge >= 0.3 is 0 Å². The molecule has 0 fully saturated rings. The minimum atomic E-state index is -0.423. The monoisotopic (exact) mass is 398 g/mol. The summed E-state index contributed by atoms with van der Waals surface area (Å²) in [7, 11) is 1.43. The van der Waals surface area contributed by atoms with Crippen LogP contribution >= 0.6 is 0 Å². The van der Waals surface area contributed by atoms with Crippen LogP contribution in [0.15, 0.2) is 24.3 Å². The molecule has 0 atom stereocenters. The molecular weight excluding hydrogens is 371 g/mol. The van der Waals surface area contributed by atoms with E-state index in [1.165, 1.54) is 13.2 Å². The zero-order valence-corrected chi connectivity index (χ0v) is 17.6. The van der Waals surface area contributed by atoms with Gasteiger partial charge in [-0.05, 0) is 57.4 Å². The molecule has 2 heterocycles. The Morgan fingerprint density at radius 3 is 2.66 bits per heavy atom. The second-order valence-electron chi connectivity index (χ2n) is 7.19. The van der Waals surface area contributed by atoms with Crippen molar-refractivity contribution >= 4 is 11.6 Å². The molecule has 0 spiro atoms. The number of carbonyl (C=O) groups is 1. The minimum absolute atomic E-state index is 0.0271. The van der Waals surface area contributed by atoms with Crippen molar-refractivity contribution in [2.45, 2.75) is 47.1 Å². The quantitative estimate of drug-likeness (QED) is 0.608. The molecule has 1 amide bonds. The van der Waals surface area contributed by atoms with Crippen LogP contribution < -0.4 is 4.74 Å². The van der Waals surface area contributed by atoms with Gasteiger partial charge in [-0.2, -0.15) is 5.10 Å². The number of rotatable bonds is 7. The SMILES string of the molecule is CCN(Cc1ccc(OC)c(F)c1)C(=O)CCc1c(C)nc2cc(C)nn2c1C. The summed E-state index contributed by atoms with van der Waals surface area (Å²) < 4.78 is 20.7. The maximum atomic E-state index is 13.9. The Bertz CT molecular complexity index is 1040. The van der Waals surface area contributed by atoms with Gasteiger partial charge in [-0.3, -0.25) is 4.79 Å². The average molecular weight is 398 g/mol. The molecule has 3 aromatic rings. The molecule has 0 bridgehead atoms. The van der Waals surface area contributed by atoms with Gasteiger partial charge < -0.3 is 9.64 Å². The molecule has 0 aliphatic heterocycles. The fourth-order valence-corrected chi connectivity index (χ4v) is 3.60. The van der Waals surface area contributed by atoms with Crippen molar-refractivity contribution in [2.75, 3.05) is 13.7 Å². The first-order valence-electron chi connectivity index (χ1n) is 9.76. The Labute approximate surface area is 170 Å². The van der Waals surface area contributed by atoms with E-state index in [1.807, 2.05) is 38.3 Å². The first kappa shape index (κ1) is 20.8. The van der Waals surface area contributed by atoms with E-state index in [2.05, 4.69) is 10.1 Å². The number of fused-ring (bicyclic) bond motifs is 1. The molecule has 0 N–H and O–H groups in total. The highest BCUT2D eigenvalue weighted by atomic mass is 19.1. The summed E-state index contributed by atoms with van der Waals surface area (Å²) in [5.74, 6) is -0.196. The Hall–Kier alpha value is -2.96. The smallest absolute Gasteiger partial charge is 0.223 e. The minimum Gasteiger partial charge on any atom is -0.494 e. The molecule has 0 saturated heterocycles. The van der Waals surface area contributed by atoms with Crippen molar-refractivity contribution in [3.05, 3.63) is 58.3 Å². The molecule has 29 heavy (non-hydrogen) atoms. The van der Waals surface area contributed by atoms with Crippen molar-refractivity contribution in [1.29, 1.82) is 0 Å². The van der Waals surface area contributed by atoms with E-state index in [0.717, 1.165) is 33.9 Å². The van der Waals surface area contributed by atoms with Crippen LogP contribution in [0.2, 0.25) is 0 Å². The molecule has 0 aliphatic rings. The number of hydrogen-bond acceptors (Lipinski definition) is 4. The fraction of sp³-hybridized carbons (Fsp3) is 0.409. The van der Waals surface area contributed by atoms with Gasteiger partial charge in [0.2, 0.25) is 5.91 Å². The first-order chi connectivity index (χ1) is 13.8. The largest absolute Gasteiger partial charge is 0.494 e. The van der Waals surface area contributed by atoms with E-state index in [4.69, 9.17) is 4.74 Å². The van der Waals surface area contributed by atoms with Gasteiger partial charge in [0.15, 0.2) is 17.2 Å². The molecule has 2 aromatic heterocycles. The summed E-state index contributed by atoms with van der Waals surface area (Å²) in [5, 5.41) is 4.48. The molecule has 6 nitrogen and oxygen atoms in total. The third-order valence-corrected chi connectivity index (χ3v) is 5.20. The van der Waals surface area contributed by atoms with Crippen LogP contribution in [0.1, 0.15) is 41.6 Å². The lowest BCUT2D eigenvalue weighted by Crippen LogP contribution is -2.30. The van der Waals surface area contributed by atoms with Crippen LogP contribution in [0.4, 0.5) is 4.39 Å². The van der Waals surface area contributed by atoms with E-state index >= 15 is 0 Å². The Kier molecular flexibility index (Phi) is 6.15. The highest BCUT2D eigenvalue weighted by Gasteiger charge is 2.17. The highest BCUT2D eigenvalue weighted by Crippen LogP contribution is 2.20. The normalized spacial score (nSPS) is 11.1. The molecular formula is C22H27FN4O2. The number of methoxy groups -OCH3 is 1. The number of benzene rings is 1. The number of carbonyl (C=O) groups excluding carboxylic acids is 1. The summed E-state index contributed by atoms with van der Waals surface area (Å²) in [4.78, 5) is 19.2. The summed E-state index contributed by atoms with van der Waals surface area (Å²) in [6.07, 6.45) is 0.952. The maximum absolute atomic E-state index is 13.9. The summed E-state index contributed by atoms with van der Waals surface area (Å²) in [6.45, 7) is 8.75. The zero-order chi connectivity index (χ0) is 21.1. The second kappa shape index (κ2) is 8.59. The van der Waals surface area contributed by atoms with Gasteiger partial charge in [-0.25, -0.2) is 13.9 Å². The van der Waals surface area contributed by atoms with Gasteiger partial charge in [0.1, 0.15) is 0 Å². The third kappa shape index (κ3) is 4.39. The van der Waals surface area contributed by atoms with E-state index in [1.54, 1.807) is 17.0 Å². The second-order valence-corrected chi connectivity index (χ2v) is 7.19. The lowest BCUT2D eigenvalue weighted by atomic mass is 10.1. The number of aryl methyl sites for hydroxylation is 3. The van der Waals surface area contributed by atoms with Gasteiger partial charge in [0.25, 0.3) is 0 Å². The zero-order valence-electron chi connectivity index (χ0n) is 17.6. The van der Waals surface area contributed by atoms with Gasteiger partial charge in [0.05, 0.1) is 12.8 Å². The fourth-order valence-electron chi connectivity index (χ4n) is 3.60. The van der Waals surface area contributed by atoms with E-state index in [9.17, 15) is 9.18 Å². The topological polar surface area (TPSA) is 59.7 Å². The summed E-state index contributed by atoms with van der Waals surface area (Å²) in [5.41, 5.74) is 5.44. The average Bonchev–Trinajstić information content (AvgIpc) is 3.06. The Morgan fingerprint density at radius 1 is 1.24 bits per heavy atom. The van der Waals surface area contributed by atoms with Crippen LogP contribution in [0.3, 0.4) is 0 Å². The van der Waals surface area contributed by atoms with Crippen LogP contribution in [0.5, 0.6) is 5.75 Å². The standard InChI is InChI=1S/C22H27FN4O2/c1-6-26(13-17-7-9-20(29-5)19(23)12-17)22(28)10-8-18-15(3)24-21-11-14(2)25-27(21)16(18)4/h7,9,11-12H,6,8,10,13H2,1-5H3. The summed E-state index contributed by atoms with van der Waals surface area (Å²) >= 11 is 0. The molecule has 0 saturated carbocycles. The van der Waals surface area contributed by atoms with Crippen LogP contribution in [0, 0.1) is 26.6 Å². The van der Waals surface area contributed by atoms with Gasteiger partial charge in [-0.1, -0.05) is 6.07 Å². The van der Waals surface area contributed by atoms with Crippen LogP contribution in [-0.2, 0) is 17.8 Å². The van der Waals surface area contributed by atoms with Crippen molar-refractivity contribution in [2.24, 2.45) is 0 Å². The molecule has 0 unspecified atom stereocenters.